The third-order valence-corrected chi connectivity index (χ3v) is 3.58. The largest absolute Gasteiger partial charge is 0.488 e. The summed E-state index contributed by atoms with van der Waals surface area (Å²) in [6.45, 7) is 2.56. The Balaban J connectivity index is 2.29. The standard InChI is InChI=1S/C13H17BFNO3/c1-9-4-2-3-7-16(9)13(17)11-8-10(14(18)19)5-6-12(11)15/h5-6,8-9,18-19H,2-4,7H2,1H3. The molecule has 1 unspecified atom stereocenters. The minimum Gasteiger partial charge on any atom is -0.423 e. The van der Waals surface area contributed by atoms with Gasteiger partial charge in [0.15, 0.2) is 0 Å². The van der Waals surface area contributed by atoms with Crippen LogP contribution in [-0.4, -0.2) is 40.6 Å². The van der Waals surface area contributed by atoms with E-state index in [0.29, 0.717) is 6.54 Å². The average molecular weight is 265 g/mol. The molecular formula is C13H17BFNO3. The Morgan fingerprint density at radius 1 is 1.42 bits per heavy atom. The first-order chi connectivity index (χ1) is 9.00. The first-order valence-electron chi connectivity index (χ1n) is 6.47. The van der Waals surface area contributed by atoms with Gasteiger partial charge in [-0.2, -0.15) is 0 Å². The summed E-state index contributed by atoms with van der Waals surface area (Å²) in [6.07, 6.45) is 2.90. The van der Waals surface area contributed by atoms with Gasteiger partial charge < -0.3 is 14.9 Å². The van der Waals surface area contributed by atoms with Crippen LogP contribution in [0, 0.1) is 5.82 Å². The van der Waals surface area contributed by atoms with E-state index in [9.17, 15) is 9.18 Å². The number of hydrogen-bond donors (Lipinski definition) is 2. The maximum atomic E-state index is 13.8. The van der Waals surface area contributed by atoms with Crippen LogP contribution >= 0.6 is 0 Å². The van der Waals surface area contributed by atoms with Crippen molar-refractivity contribution in [2.24, 2.45) is 0 Å². The number of hydrogen-bond acceptors (Lipinski definition) is 3. The topological polar surface area (TPSA) is 60.8 Å². The van der Waals surface area contributed by atoms with Crippen molar-refractivity contribution in [3.8, 4) is 0 Å². The first kappa shape index (κ1) is 14.0. The molecule has 1 amide bonds. The molecule has 1 aliphatic rings. The molecule has 1 heterocycles. The molecule has 19 heavy (non-hydrogen) atoms. The summed E-state index contributed by atoms with van der Waals surface area (Å²) in [6, 6.07) is 3.65. The van der Waals surface area contributed by atoms with Gasteiger partial charge in [0, 0.05) is 12.6 Å². The number of carbonyl (C=O) groups excluding carboxylic acids is 1. The Labute approximate surface area is 112 Å². The molecule has 0 aromatic heterocycles. The van der Waals surface area contributed by atoms with Gasteiger partial charge in [0.1, 0.15) is 5.82 Å². The highest BCUT2D eigenvalue weighted by atomic mass is 19.1. The summed E-state index contributed by atoms with van der Waals surface area (Å²) in [5, 5.41) is 18.2. The summed E-state index contributed by atoms with van der Waals surface area (Å²) >= 11 is 0. The van der Waals surface area contributed by atoms with Crippen LogP contribution in [0.1, 0.15) is 36.5 Å². The van der Waals surface area contributed by atoms with E-state index in [2.05, 4.69) is 0 Å². The number of carbonyl (C=O) groups is 1. The van der Waals surface area contributed by atoms with E-state index in [1.807, 2.05) is 6.92 Å². The lowest BCUT2D eigenvalue weighted by atomic mass is 9.79. The van der Waals surface area contributed by atoms with Gasteiger partial charge >= 0.3 is 7.12 Å². The minimum atomic E-state index is -1.70. The minimum absolute atomic E-state index is 0.0864. The van der Waals surface area contributed by atoms with Crippen molar-refractivity contribution >= 4 is 18.5 Å². The highest BCUT2D eigenvalue weighted by Gasteiger charge is 2.27. The van der Waals surface area contributed by atoms with E-state index in [1.54, 1.807) is 4.90 Å². The molecule has 2 rings (SSSR count). The molecule has 1 aromatic rings. The Kier molecular flexibility index (Phi) is 4.22. The van der Waals surface area contributed by atoms with Gasteiger partial charge in [0.2, 0.25) is 0 Å². The summed E-state index contributed by atoms with van der Waals surface area (Å²) < 4.78 is 13.8. The van der Waals surface area contributed by atoms with Crippen LogP contribution < -0.4 is 5.46 Å². The number of amides is 1. The highest BCUT2D eigenvalue weighted by Crippen LogP contribution is 2.20. The van der Waals surface area contributed by atoms with E-state index in [-0.39, 0.29) is 23.0 Å². The fraction of sp³-hybridized carbons (Fsp3) is 0.462. The SMILES string of the molecule is CC1CCCCN1C(=O)c1cc(B(O)O)ccc1F. The molecule has 1 atom stereocenters. The van der Waals surface area contributed by atoms with Gasteiger partial charge in [-0.25, -0.2) is 4.39 Å². The van der Waals surface area contributed by atoms with Crippen LogP contribution in [0.15, 0.2) is 18.2 Å². The smallest absolute Gasteiger partial charge is 0.423 e. The number of likely N-dealkylation sites (tertiary alicyclic amines) is 1. The molecule has 0 bridgehead atoms. The molecule has 1 saturated heterocycles. The normalized spacial score (nSPS) is 19.4. The Bertz CT molecular complexity index is 481. The molecule has 4 nitrogen and oxygen atoms in total. The number of piperidine rings is 1. The third-order valence-electron chi connectivity index (χ3n) is 3.58. The highest BCUT2D eigenvalue weighted by molar-refractivity contribution is 6.58. The van der Waals surface area contributed by atoms with Crippen molar-refractivity contribution in [1.82, 2.24) is 4.90 Å². The van der Waals surface area contributed by atoms with Crippen molar-refractivity contribution in [2.45, 2.75) is 32.2 Å². The van der Waals surface area contributed by atoms with Crippen molar-refractivity contribution in [3.63, 3.8) is 0 Å². The number of halogens is 1. The third kappa shape index (κ3) is 2.96. The predicted molar refractivity (Wildman–Crippen MR) is 70.6 cm³/mol. The molecule has 1 fully saturated rings. The van der Waals surface area contributed by atoms with Crippen LogP contribution in [0.2, 0.25) is 0 Å². The van der Waals surface area contributed by atoms with Crippen molar-refractivity contribution < 1.29 is 19.2 Å². The lowest BCUT2D eigenvalue weighted by molar-refractivity contribution is 0.0631. The number of rotatable bonds is 2. The van der Waals surface area contributed by atoms with E-state index < -0.39 is 12.9 Å². The van der Waals surface area contributed by atoms with Crippen LogP contribution in [0.5, 0.6) is 0 Å². The van der Waals surface area contributed by atoms with Gasteiger partial charge in [0.05, 0.1) is 5.56 Å². The molecule has 102 valence electrons. The number of nitrogens with zero attached hydrogens (tertiary/aromatic N) is 1. The van der Waals surface area contributed by atoms with Gasteiger partial charge in [-0.05, 0) is 43.8 Å². The maximum absolute atomic E-state index is 13.8. The monoisotopic (exact) mass is 265 g/mol. The van der Waals surface area contributed by atoms with Gasteiger partial charge in [-0.15, -0.1) is 0 Å². The zero-order chi connectivity index (χ0) is 14.0. The molecule has 2 N–H and O–H groups in total. The van der Waals surface area contributed by atoms with Crippen molar-refractivity contribution in [2.75, 3.05) is 6.54 Å². The summed E-state index contributed by atoms with van der Waals surface area (Å²) in [5.41, 5.74) is 0.0220. The van der Waals surface area contributed by atoms with Crippen LogP contribution in [-0.2, 0) is 0 Å². The summed E-state index contributed by atoms with van der Waals surface area (Å²) in [7, 11) is -1.70. The van der Waals surface area contributed by atoms with Gasteiger partial charge in [0.25, 0.3) is 5.91 Å². The van der Waals surface area contributed by atoms with Gasteiger partial charge in [-0.1, -0.05) is 6.07 Å². The predicted octanol–water partition coefficient (Wildman–Crippen LogP) is 0.520. The molecule has 6 heteroatoms. The van der Waals surface area contributed by atoms with Crippen LogP contribution in [0.25, 0.3) is 0 Å². The number of benzene rings is 1. The molecule has 0 aliphatic carbocycles. The zero-order valence-corrected chi connectivity index (χ0v) is 10.8. The molecule has 0 saturated carbocycles. The van der Waals surface area contributed by atoms with Crippen LogP contribution in [0.4, 0.5) is 4.39 Å². The zero-order valence-electron chi connectivity index (χ0n) is 10.8. The van der Waals surface area contributed by atoms with E-state index in [0.717, 1.165) is 25.3 Å². The second-order valence-electron chi connectivity index (χ2n) is 4.96. The Morgan fingerprint density at radius 2 is 2.16 bits per heavy atom. The summed E-state index contributed by atoms with van der Waals surface area (Å²) in [5.74, 6) is -1.01. The molecule has 1 aromatic carbocycles. The fourth-order valence-electron chi connectivity index (χ4n) is 2.42. The fourth-order valence-corrected chi connectivity index (χ4v) is 2.42. The lowest BCUT2D eigenvalue weighted by Crippen LogP contribution is -2.43. The van der Waals surface area contributed by atoms with Crippen molar-refractivity contribution in [3.05, 3.63) is 29.6 Å². The second-order valence-corrected chi connectivity index (χ2v) is 4.96. The molecular weight excluding hydrogens is 248 g/mol. The van der Waals surface area contributed by atoms with E-state index in [4.69, 9.17) is 10.0 Å². The van der Waals surface area contributed by atoms with Crippen molar-refractivity contribution in [1.29, 1.82) is 0 Å². The summed E-state index contributed by atoms with van der Waals surface area (Å²) in [4.78, 5) is 14.0. The first-order valence-corrected chi connectivity index (χ1v) is 6.47. The average Bonchev–Trinajstić information content (AvgIpc) is 2.38. The lowest BCUT2D eigenvalue weighted by Gasteiger charge is -2.33. The molecule has 1 aliphatic heterocycles. The Hall–Kier alpha value is -1.40. The van der Waals surface area contributed by atoms with E-state index in [1.165, 1.54) is 12.1 Å². The second kappa shape index (κ2) is 5.71. The quantitative estimate of drug-likeness (QED) is 0.766. The van der Waals surface area contributed by atoms with Gasteiger partial charge in [-0.3, -0.25) is 4.79 Å². The Morgan fingerprint density at radius 3 is 2.79 bits per heavy atom. The maximum Gasteiger partial charge on any atom is 0.488 e. The van der Waals surface area contributed by atoms with E-state index >= 15 is 0 Å². The molecule has 0 radical (unpaired) electrons. The molecule has 0 spiro atoms. The van der Waals surface area contributed by atoms with Crippen LogP contribution in [0.3, 0.4) is 0 Å².